The molecule has 0 aliphatic rings. The van der Waals surface area contributed by atoms with Gasteiger partial charge in [-0.3, -0.25) is 9.20 Å². The lowest BCUT2D eigenvalue weighted by atomic mass is 10.0. The minimum Gasteiger partial charge on any atom is -0.328 e. The molecule has 0 spiro atoms. The maximum absolute atomic E-state index is 13.5. The minimum absolute atomic E-state index is 0.0768. The number of carbonyl (C=O) groups is 1. The number of nitrogens with zero attached hydrogens (tertiary/aromatic N) is 2. The zero-order chi connectivity index (χ0) is 19.3. The topological polar surface area (TPSA) is 26.4 Å². The van der Waals surface area contributed by atoms with Gasteiger partial charge < -0.3 is 4.57 Å². The Hall–Kier alpha value is -3.30. The lowest BCUT2D eigenvalue weighted by Gasteiger charge is -2.04. The van der Waals surface area contributed by atoms with Crippen LogP contribution < -0.4 is 0 Å². The molecule has 0 saturated carbocycles. The highest BCUT2D eigenvalue weighted by atomic mass is 35.5. The Kier molecular flexibility index (Phi) is 3.85. The summed E-state index contributed by atoms with van der Waals surface area (Å²) < 4.78 is 4.14. The van der Waals surface area contributed by atoms with Gasteiger partial charge in [-0.2, -0.15) is 0 Å². The standard InChI is InChI=1S/C24H17ClN2O/c1-26-21(16-9-3-2-4-10-16)15-27-22(17-11-5-6-12-18(17)24(26)27)23(28)19-13-7-8-14-20(19)25/h2-15H,1H3. The minimum atomic E-state index is -0.0768. The van der Waals surface area contributed by atoms with Gasteiger partial charge in [-0.1, -0.05) is 78.3 Å². The van der Waals surface area contributed by atoms with Crippen LogP contribution in [0.1, 0.15) is 16.1 Å². The number of halogens is 1. The molecule has 0 unspecified atom stereocenters. The number of hydrogen-bond donors (Lipinski definition) is 0. The van der Waals surface area contributed by atoms with Crippen molar-refractivity contribution in [1.82, 2.24) is 8.97 Å². The van der Waals surface area contributed by atoms with Gasteiger partial charge in [0.15, 0.2) is 0 Å². The summed E-state index contributed by atoms with van der Waals surface area (Å²) in [4.78, 5) is 13.5. The Morgan fingerprint density at radius 1 is 0.821 bits per heavy atom. The second-order valence-corrected chi connectivity index (χ2v) is 7.24. The van der Waals surface area contributed by atoms with Gasteiger partial charge in [0.2, 0.25) is 5.78 Å². The first kappa shape index (κ1) is 16.8. The van der Waals surface area contributed by atoms with Gasteiger partial charge in [0.05, 0.1) is 10.7 Å². The van der Waals surface area contributed by atoms with Crippen molar-refractivity contribution in [2.45, 2.75) is 0 Å². The second kappa shape index (κ2) is 6.39. The van der Waals surface area contributed by atoms with E-state index in [-0.39, 0.29) is 5.78 Å². The Bertz CT molecular complexity index is 1350. The molecule has 3 aromatic carbocycles. The molecule has 0 fully saturated rings. The van der Waals surface area contributed by atoms with Gasteiger partial charge in [0, 0.05) is 29.6 Å². The molecule has 0 amide bonds. The molecule has 0 aliphatic heterocycles. The number of aryl methyl sites for hydroxylation is 1. The number of ketones is 1. The molecule has 2 heterocycles. The fraction of sp³-hybridized carbons (Fsp3) is 0.0417. The van der Waals surface area contributed by atoms with Crippen LogP contribution in [0.25, 0.3) is 27.7 Å². The van der Waals surface area contributed by atoms with Crippen LogP contribution in [0.3, 0.4) is 0 Å². The predicted molar refractivity (Wildman–Crippen MR) is 114 cm³/mol. The first-order valence-corrected chi connectivity index (χ1v) is 9.47. The molecule has 4 heteroatoms. The molecule has 3 nitrogen and oxygen atoms in total. The molecule has 0 bridgehead atoms. The summed E-state index contributed by atoms with van der Waals surface area (Å²) in [7, 11) is 2.04. The van der Waals surface area contributed by atoms with Gasteiger partial charge in [0.25, 0.3) is 0 Å². The molecule has 136 valence electrons. The van der Waals surface area contributed by atoms with E-state index in [1.807, 2.05) is 66.2 Å². The second-order valence-electron chi connectivity index (χ2n) is 6.84. The van der Waals surface area contributed by atoms with Gasteiger partial charge >= 0.3 is 0 Å². The summed E-state index contributed by atoms with van der Waals surface area (Å²) in [6.07, 6.45) is 2.04. The summed E-state index contributed by atoms with van der Waals surface area (Å²) >= 11 is 6.34. The Balaban J connectivity index is 1.85. The van der Waals surface area contributed by atoms with Crippen molar-refractivity contribution < 1.29 is 4.79 Å². The van der Waals surface area contributed by atoms with E-state index in [1.54, 1.807) is 12.1 Å². The molecule has 0 saturated heterocycles. The van der Waals surface area contributed by atoms with Crippen molar-refractivity contribution in [3.63, 3.8) is 0 Å². The van der Waals surface area contributed by atoms with E-state index < -0.39 is 0 Å². The molecule has 5 rings (SSSR count). The van der Waals surface area contributed by atoms with Crippen LogP contribution in [0, 0.1) is 0 Å². The zero-order valence-electron chi connectivity index (χ0n) is 15.3. The summed E-state index contributed by atoms with van der Waals surface area (Å²) in [5, 5.41) is 2.44. The Morgan fingerprint density at radius 2 is 1.46 bits per heavy atom. The van der Waals surface area contributed by atoms with E-state index in [0.717, 1.165) is 27.7 Å². The van der Waals surface area contributed by atoms with E-state index in [0.29, 0.717) is 16.3 Å². The van der Waals surface area contributed by atoms with Crippen LogP contribution in [-0.2, 0) is 7.05 Å². The predicted octanol–water partition coefficient (Wildman–Crippen LogP) is 5.98. The van der Waals surface area contributed by atoms with Crippen molar-refractivity contribution in [2.75, 3.05) is 0 Å². The number of carbonyl (C=O) groups excluding carboxylic acids is 1. The maximum Gasteiger partial charge on any atom is 0.211 e. The van der Waals surface area contributed by atoms with Gasteiger partial charge in [0.1, 0.15) is 11.3 Å². The summed E-state index contributed by atoms with van der Waals surface area (Å²) in [5.74, 6) is -0.0768. The first-order chi connectivity index (χ1) is 13.7. The number of aromatic nitrogens is 2. The molecule has 0 aliphatic carbocycles. The number of fused-ring (bicyclic) bond motifs is 3. The van der Waals surface area contributed by atoms with Crippen LogP contribution in [0.5, 0.6) is 0 Å². The van der Waals surface area contributed by atoms with Crippen molar-refractivity contribution in [3.8, 4) is 11.3 Å². The van der Waals surface area contributed by atoms with Crippen molar-refractivity contribution in [3.05, 3.63) is 101 Å². The van der Waals surface area contributed by atoms with E-state index >= 15 is 0 Å². The summed E-state index contributed by atoms with van der Waals surface area (Å²) in [6, 6.07) is 25.4. The molecule has 0 atom stereocenters. The fourth-order valence-corrected chi connectivity index (χ4v) is 4.14. The van der Waals surface area contributed by atoms with Crippen LogP contribution >= 0.6 is 11.6 Å². The smallest absolute Gasteiger partial charge is 0.211 e. The highest BCUT2D eigenvalue weighted by Crippen LogP contribution is 2.33. The van der Waals surface area contributed by atoms with Crippen molar-refractivity contribution >= 4 is 33.8 Å². The first-order valence-electron chi connectivity index (χ1n) is 9.10. The number of rotatable bonds is 3. The van der Waals surface area contributed by atoms with Crippen LogP contribution in [-0.4, -0.2) is 14.8 Å². The molecule has 5 aromatic rings. The molecule has 0 radical (unpaired) electrons. The largest absolute Gasteiger partial charge is 0.328 e. The van der Waals surface area contributed by atoms with E-state index in [4.69, 9.17) is 11.6 Å². The highest BCUT2D eigenvalue weighted by Gasteiger charge is 2.24. The van der Waals surface area contributed by atoms with Crippen LogP contribution in [0.2, 0.25) is 5.02 Å². The number of imidazole rings is 1. The lowest BCUT2D eigenvalue weighted by Crippen LogP contribution is -2.05. The van der Waals surface area contributed by atoms with Crippen molar-refractivity contribution in [1.29, 1.82) is 0 Å². The van der Waals surface area contributed by atoms with E-state index in [9.17, 15) is 4.79 Å². The van der Waals surface area contributed by atoms with Gasteiger partial charge in [-0.15, -0.1) is 0 Å². The summed E-state index contributed by atoms with van der Waals surface area (Å²) in [5.41, 5.74) is 4.30. The Labute approximate surface area is 167 Å². The third-order valence-corrected chi connectivity index (χ3v) is 5.56. The average molecular weight is 385 g/mol. The number of benzene rings is 3. The van der Waals surface area contributed by atoms with Gasteiger partial charge in [-0.25, -0.2) is 0 Å². The molecule has 2 aromatic heterocycles. The Morgan fingerprint density at radius 3 is 2.21 bits per heavy atom. The monoisotopic (exact) mass is 384 g/mol. The normalized spacial score (nSPS) is 11.4. The zero-order valence-corrected chi connectivity index (χ0v) is 16.0. The van der Waals surface area contributed by atoms with E-state index in [2.05, 4.69) is 22.8 Å². The quantitative estimate of drug-likeness (QED) is 0.351. The molecular weight excluding hydrogens is 368 g/mol. The number of hydrogen-bond acceptors (Lipinski definition) is 1. The lowest BCUT2D eigenvalue weighted by molar-refractivity contribution is 0.103. The highest BCUT2D eigenvalue weighted by molar-refractivity contribution is 6.35. The average Bonchev–Trinajstić information content (AvgIpc) is 3.23. The summed E-state index contributed by atoms with van der Waals surface area (Å²) in [6.45, 7) is 0. The molecule has 28 heavy (non-hydrogen) atoms. The molecular formula is C24H17ClN2O. The van der Waals surface area contributed by atoms with Crippen molar-refractivity contribution in [2.24, 2.45) is 7.05 Å². The fourth-order valence-electron chi connectivity index (χ4n) is 3.92. The molecule has 0 N–H and O–H groups in total. The van der Waals surface area contributed by atoms with Gasteiger partial charge in [-0.05, 0) is 17.7 Å². The van der Waals surface area contributed by atoms with E-state index in [1.165, 1.54) is 0 Å². The van der Waals surface area contributed by atoms with Crippen LogP contribution in [0.15, 0.2) is 85.1 Å². The third kappa shape index (κ3) is 2.40. The SMILES string of the molecule is Cn1c(-c2ccccc2)cn2c(C(=O)c3ccccc3Cl)c3ccccc3c12. The maximum atomic E-state index is 13.5. The van der Waals surface area contributed by atoms with Crippen LogP contribution in [0.4, 0.5) is 0 Å². The third-order valence-electron chi connectivity index (χ3n) is 5.23.